The van der Waals surface area contributed by atoms with Gasteiger partial charge >= 0.3 is 10.2 Å². The van der Waals surface area contributed by atoms with Crippen molar-refractivity contribution in [3.63, 3.8) is 0 Å². The molecule has 0 saturated heterocycles. The summed E-state index contributed by atoms with van der Waals surface area (Å²) < 4.78 is 31.9. The van der Waals surface area contributed by atoms with Gasteiger partial charge in [-0.25, -0.2) is 5.90 Å². The quantitative estimate of drug-likeness (QED) is 0.477. The molecule has 0 aliphatic carbocycles. The third-order valence-electron chi connectivity index (χ3n) is 0.839. The Balaban J connectivity index is 4.16. The van der Waals surface area contributed by atoms with Crippen molar-refractivity contribution < 1.29 is 17.1 Å². The lowest BCUT2D eigenvalue weighted by atomic mass is 10.2. The van der Waals surface area contributed by atoms with Gasteiger partial charge < -0.3 is 0 Å². The first-order valence-electron chi connectivity index (χ1n) is 2.57. The van der Waals surface area contributed by atoms with Gasteiger partial charge in [0.25, 0.3) is 0 Å². The van der Waals surface area contributed by atoms with E-state index in [1.165, 1.54) is 13.8 Å². The molecule has 0 aliphatic heterocycles. The molecule has 0 amide bonds. The smallest absolute Gasteiger partial charge is 0.297 e. The Bertz CT molecular complexity index is 199. The maximum absolute atomic E-state index is 11.9. The summed E-state index contributed by atoms with van der Waals surface area (Å²) in [5, 5.41) is 0. The molecule has 0 aromatic rings. The van der Waals surface area contributed by atoms with Gasteiger partial charge in [-0.1, -0.05) is 0 Å². The monoisotopic (exact) mass is 171 g/mol. The molecule has 62 valence electrons. The molecule has 0 aliphatic rings. The zero-order valence-corrected chi connectivity index (χ0v) is 6.61. The van der Waals surface area contributed by atoms with Crippen LogP contribution in [0.4, 0.5) is 3.89 Å². The van der Waals surface area contributed by atoms with Gasteiger partial charge in [-0.15, -0.1) is 3.89 Å². The molecule has 0 spiro atoms. The molecular weight excluding hydrogens is 161 g/mol. The number of hydrogen-bond donors (Lipinski definition) is 1. The maximum Gasteiger partial charge on any atom is 0.305 e. The highest BCUT2D eigenvalue weighted by Crippen LogP contribution is 2.10. The lowest BCUT2D eigenvalue weighted by Crippen LogP contribution is -2.34. The van der Waals surface area contributed by atoms with E-state index in [0.29, 0.717) is 0 Å². The molecule has 0 unspecified atom stereocenters. The molecule has 4 nitrogen and oxygen atoms in total. The minimum Gasteiger partial charge on any atom is -0.297 e. The summed E-state index contributed by atoms with van der Waals surface area (Å²) in [6, 6.07) is 0. The predicted octanol–water partition coefficient (Wildman–Crippen LogP) is -0.0454. The summed E-state index contributed by atoms with van der Waals surface area (Å²) in [5.74, 6) is 3.96. The van der Waals surface area contributed by atoms with Crippen LogP contribution in [0.15, 0.2) is 0 Å². The van der Waals surface area contributed by atoms with E-state index in [0.717, 1.165) is 0 Å². The van der Waals surface area contributed by atoms with E-state index in [1.54, 1.807) is 0 Å². The standard InChI is InChI=1S/C4H10FNO3S/c1-4(2,9-6)3-10(5,7)8/h3,6H2,1-2H3. The maximum atomic E-state index is 11.9. The summed E-state index contributed by atoms with van der Waals surface area (Å²) in [4.78, 5) is 4.19. The van der Waals surface area contributed by atoms with E-state index >= 15 is 0 Å². The van der Waals surface area contributed by atoms with Gasteiger partial charge in [0, 0.05) is 0 Å². The number of rotatable bonds is 3. The molecule has 2 N–H and O–H groups in total. The van der Waals surface area contributed by atoms with Crippen molar-refractivity contribution in [1.29, 1.82) is 0 Å². The van der Waals surface area contributed by atoms with Gasteiger partial charge in [-0.2, -0.15) is 8.42 Å². The Morgan fingerprint density at radius 1 is 1.60 bits per heavy atom. The van der Waals surface area contributed by atoms with Crippen LogP contribution in [-0.4, -0.2) is 19.8 Å². The minimum atomic E-state index is -4.50. The molecular formula is C4H10FNO3S. The van der Waals surface area contributed by atoms with Crippen LogP contribution in [0.5, 0.6) is 0 Å². The Kier molecular flexibility index (Phi) is 2.76. The predicted molar refractivity (Wildman–Crippen MR) is 34.2 cm³/mol. The van der Waals surface area contributed by atoms with Gasteiger partial charge in [0.1, 0.15) is 11.4 Å². The molecule has 0 bridgehead atoms. The molecule has 0 radical (unpaired) electrons. The van der Waals surface area contributed by atoms with Crippen molar-refractivity contribution in [1.82, 2.24) is 0 Å². The number of nitrogens with two attached hydrogens (primary N) is 1. The van der Waals surface area contributed by atoms with Crippen molar-refractivity contribution in [2.24, 2.45) is 5.90 Å². The average molecular weight is 171 g/mol. The third kappa shape index (κ3) is 4.66. The van der Waals surface area contributed by atoms with Crippen LogP contribution < -0.4 is 5.90 Å². The normalized spacial score (nSPS) is 13.6. The van der Waals surface area contributed by atoms with Crippen LogP contribution >= 0.6 is 0 Å². The molecule has 6 heteroatoms. The molecule has 0 aromatic heterocycles. The van der Waals surface area contributed by atoms with E-state index in [2.05, 4.69) is 10.7 Å². The largest absolute Gasteiger partial charge is 0.305 e. The first-order chi connectivity index (χ1) is 4.27. The average Bonchev–Trinajstić information content (AvgIpc) is 1.60. The van der Waals surface area contributed by atoms with Gasteiger partial charge in [0.2, 0.25) is 0 Å². The fourth-order valence-electron chi connectivity index (χ4n) is 0.449. The fourth-order valence-corrected chi connectivity index (χ4v) is 1.35. The zero-order chi connectivity index (χ0) is 8.41. The molecule has 0 fully saturated rings. The van der Waals surface area contributed by atoms with Gasteiger partial charge in [-0.3, -0.25) is 4.84 Å². The Hall–Kier alpha value is -0.200. The van der Waals surface area contributed by atoms with Crippen LogP contribution in [0.2, 0.25) is 0 Å². The van der Waals surface area contributed by atoms with E-state index < -0.39 is 21.6 Å². The van der Waals surface area contributed by atoms with Gasteiger partial charge in [-0.05, 0) is 13.8 Å². The van der Waals surface area contributed by atoms with Crippen molar-refractivity contribution in [2.75, 3.05) is 5.75 Å². The number of hydrogen-bond acceptors (Lipinski definition) is 4. The van der Waals surface area contributed by atoms with Crippen LogP contribution in [0.25, 0.3) is 0 Å². The fraction of sp³-hybridized carbons (Fsp3) is 1.00. The third-order valence-corrected chi connectivity index (χ3v) is 1.88. The molecule has 0 rings (SSSR count). The van der Waals surface area contributed by atoms with Crippen molar-refractivity contribution in [2.45, 2.75) is 19.4 Å². The van der Waals surface area contributed by atoms with Gasteiger partial charge in [0.15, 0.2) is 0 Å². The topological polar surface area (TPSA) is 69.4 Å². The Labute approximate surface area is 59.3 Å². The van der Waals surface area contributed by atoms with E-state index in [4.69, 9.17) is 0 Å². The highest BCUT2D eigenvalue weighted by Gasteiger charge is 2.25. The molecule has 0 aromatic carbocycles. The summed E-state index contributed by atoms with van der Waals surface area (Å²) in [6.07, 6.45) is 0. The Morgan fingerprint density at radius 2 is 2.00 bits per heavy atom. The molecule has 0 saturated carbocycles. The highest BCUT2D eigenvalue weighted by atomic mass is 32.3. The van der Waals surface area contributed by atoms with E-state index in [1.807, 2.05) is 0 Å². The number of halogens is 1. The molecule has 0 heterocycles. The first kappa shape index (κ1) is 9.80. The SMILES string of the molecule is CC(C)(CS(=O)(=O)F)ON. The second-order valence-corrected chi connectivity index (χ2v) is 3.93. The second kappa shape index (κ2) is 2.81. The van der Waals surface area contributed by atoms with Crippen LogP contribution in [-0.2, 0) is 15.1 Å². The van der Waals surface area contributed by atoms with Crippen LogP contribution in [0.3, 0.4) is 0 Å². The summed E-state index contributed by atoms with van der Waals surface area (Å²) in [5.41, 5.74) is -1.16. The van der Waals surface area contributed by atoms with Crippen LogP contribution in [0, 0.1) is 0 Å². The van der Waals surface area contributed by atoms with E-state index in [9.17, 15) is 12.3 Å². The highest BCUT2D eigenvalue weighted by molar-refractivity contribution is 7.86. The van der Waals surface area contributed by atoms with Crippen molar-refractivity contribution in [3.8, 4) is 0 Å². The second-order valence-electron chi connectivity index (χ2n) is 2.56. The lowest BCUT2D eigenvalue weighted by molar-refractivity contribution is -0.00215. The van der Waals surface area contributed by atoms with Crippen molar-refractivity contribution in [3.05, 3.63) is 0 Å². The minimum absolute atomic E-state index is 0.726. The summed E-state index contributed by atoms with van der Waals surface area (Å²) >= 11 is 0. The Morgan fingerprint density at radius 3 is 2.10 bits per heavy atom. The van der Waals surface area contributed by atoms with E-state index in [-0.39, 0.29) is 0 Å². The summed E-state index contributed by atoms with van der Waals surface area (Å²) in [7, 11) is -4.50. The first-order valence-corrected chi connectivity index (χ1v) is 4.12. The lowest BCUT2D eigenvalue weighted by Gasteiger charge is -2.18. The van der Waals surface area contributed by atoms with Gasteiger partial charge in [0.05, 0.1) is 0 Å². The molecule has 10 heavy (non-hydrogen) atoms. The van der Waals surface area contributed by atoms with Crippen molar-refractivity contribution >= 4 is 10.2 Å². The van der Waals surface area contributed by atoms with Crippen LogP contribution in [0.1, 0.15) is 13.8 Å². The summed E-state index contributed by atoms with van der Waals surface area (Å²) in [6.45, 7) is 2.76. The molecule has 0 atom stereocenters. The zero-order valence-electron chi connectivity index (χ0n) is 5.80.